The number of cyclic esters (lactones) is 1. The number of aliphatic hydroxyl groups is 1. The van der Waals surface area contributed by atoms with Gasteiger partial charge in [-0.25, -0.2) is 4.39 Å². The van der Waals surface area contributed by atoms with E-state index in [1.54, 1.807) is 18.3 Å². The van der Waals surface area contributed by atoms with E-state index in [1.165, 1.54) is 12.1 Å². The van der Waals surface area contributed by atoms with Gasteiger partial charge in [0.05, 0.1) is 18.2 Å². The van der Waals surface area contributed by atoms with Crippen LogP contribution in [0.3, 0.4) is 0 Å². The molecule has 0 spiro atoms. The zero-order valence-electron chi connectivity index (χ0n) is 19.3. The highest BCUT2D eigenvalue weighted by Crippen LogP contribution is 2.36. The van der Waals surface area contributed by atoms with Gasteiger partial charge in [0.1, 0.15) is 24.3 Å². The minimum Gasteiger partial charge on any atom is -0.487 e. The van der Waals surface area contributed by atoms with E-state index in [0.29, 0.717) is 18.8 Å². The van der Waals surface area contributed by atoms with E-state index < -0.39 is 18.2 Å². The minimum absolute atomic E-state index is 0.0186. The van der Waals surface area contributed by atoms with Crippen LogP contribution in [0.25, 0.3) is 17.2 Å². The number of carbonyl (C=O) groups is 1. The number of hydrogen-bond donors (Lipinski definition) is 1. The summed E-state index contributed by atoms with van der Waals surface area (Å²) in [6.07, 6.45) is 4.62. The Morgan fingerprint density at radius 2 is 2.00 bits per heavy atom. The maximum absolute atomic E-state index is 13.6. The molecule has 1 aliphatic rings. The van der Waals surface area contributed by atoms with Gasteiger partial charge in [-0.05, 0) is 70.6 Å². The molecule has 2 unspecified atom stereocenters. The fraction of sp³-hybridized carbons (Fsp3) is 0.286. The summed E-state index contributed by atoms with van der Waals surface area (Å²) in [5.74, 6) is 0.132. The monoisotopic (exact) mass is 461 g/mol. The van der Waals surface area contributed by atoms with Crippen LogP contribution in [0.4, 0.5) is 4.39 Å². The number of hydrogen-bond acceptors (Lipinski definition) is 5. The first-order chi connectivity index (χ1) is 16.4. The molecule has 5 nitrogen and oxygen atoms in total. The van der Waals surface area contributed by atoms with E-state index in [2.05, 4.69) is 18.8 Å². The van der Waals surface area contributed by atoms with Crippen molar-refractivity contribution in [3.05, 3.63) is 89.5 Å². The van der Waals surface area contributed by atoms with Gasteiger partial charge in [-0.3, -0.25) is 9.78 Å². The van der Waals surface area contributed by atoms with E-state index in [4.69, 9.17) is 9.47 Å². The molecule has 176 valence electrons. The first-order valence-electron chi connectivity index (χ1n) is 11.4. The molecule has 1 fully saturated rings. The van der Waals surface area contributed by atoms with Gasteiger partial charge >= 0.3 is 5.97 Å². The lowest BCUT2D eigenvalue weighted by Crippen LogP contribution is -2.31. The summed E-state index contributed by atoms with van der Waals surface area (Å²) in [5.41, 5.74) is 4.51. The van der Waals surface area contributed by atoms with Gasteiger partial charge in [-0.1, -0.05) is 38.1 Å². The third-order valence-electron chi connectivity index (χ3n) is 5.74. The quantitative estimate of drug-likeness (QED) is 0.459. The van der Waals surface area contributed by atoms with Gasteiger partial charge in [-0.2, -0.15) is 0 Å². The molecule has 3 aromatic rings. The van der Waals surface area contributed by atoms with Crippen molar-refractivity contribution in [2.24, 2.45) is 0 Å². The van der Waals surface area contributed by atoms with Crippen molar-refractivity contribution in [1.82, 2.24) is 4.98 Å². The molecule has 0 saturated carbocycles. The van der Waals surface area contributed by atoms with Gasteiger partial charge in [0.15, 0.2) is 0 Å². The van der Waals surface area contributed by atoms with Crippen LogP contribution in [0, 0.1) is 5.82 Å². The number of aromatic nitrogens is 1. The number of pyridine rings is 1. The lowest BCUT2D eigenvalue weighted by molar-refractivity contribution is -0.156. The second-order valence-electron chi connectivity index (χ2n) is 8.73. The zero-order valence-corrected chi connectivity index (χ0v) is 19.3. The summed E-state index contributed by atoms with van der Waals surface area (Å²) < 4.78 is 25.1. The van der Waals surface area contributed by atoms with Crippen LogP contribution in [0.5, 0.6) is 5.75 Å². The standard InChI is InChI=1S/C28H28FNO4/c1-18(2)26-15-24(33-17-21-5-3-4-12-30-21)16-27(19-6-8-20(29)9-7-19)25(26)11-10-23-13-22(31)14-28(32)34-23/h3-12,15-16,18,22-23,31H,13-14,17H2,1-2H3. The summed E-state index contributed by atoms with van der Waals surface area (Å²) in [6.45, 7) is 4.51. The number of esters is 1. The largest absolute Gasteiger partial charge is 0.487 e. The number of nitrogens with zero attached hydrogens (tertiary/aromatic N) is 1. The fourth-order valence-electron chi connectivity index (χ4n) is 4.03. The van der Waals surface area contributed by atoms with Crippen molar-refractivity contribution in [2.45, 2.75) is 51.4 Å². The number of halogens is 1. The second-order valence-corrected chi connectivity index (χ2v) is 8.73. The topological polar surface area (TPSA) is 68.7 Å². The molecule has 0 amide bonds. The van der Waals surface area contributed by atoms with E-state index >= 15 is 0 Å². The molecule has 1 N–H and O–H groups in total. The number of carbonyl (C=O) groups excluding carboxylic acids is 1. The molecule has 0 aliphatic carbocycles. The summed E-state index contributed by atoms with van der Waals surface area (Å²) in [5, 5.41) is 9.95. The maximum Gasteiger partial charge on any atom is 0.309 e. The van der Waals surface area contributed by atoms with Gasteiger partial charge in [0.25, 0.3) is 0 Å². The van der Waals surface area contributed by atoms with Gasteiger partial charge in [0, 0.05) is 12.6 Å². The summed E-state index contributed by atoms with van der Waals surface area (Å²) in [7, 11) is 0. The molecule has 2 aromatic carbocycles. The maximum atomic E-state index is 13.6. The third-order valence-corrected chi connectivity index (χ3v) is 5.74. The highest BCUT2D eigenvalue weighted by molar-refractivity contribution is 5.79. The number of rotatable bonds is 7. The van der Waals surface area contributed by atoms with Crippen molar-refractivity contribution in [2.75, 3.05) is 0 Å². The molecule has 2 atom stereocenters. The van der Waals surface area contributed by atoms with Crippen LogP contribution < -0.4 is 4.74 Å². The molecular weight excluding hydrogens is 433 g/mol. The Kier molecular flexibility index (Phi) is 7.38. The van der Waals surface area contributed by atoms with E-state index in [0.717, 1.165) is 27.9 Å². The van der Waals surface area contributed by atoms with E-state index in [9.17, 15) is 14.3 Å². The summed E-state index contributed by atoms with van der Waals surface area (Å²) in [4.78, 5) is 16.1. The van der Waals surface area contributed by atoms with Gasteiger partial charge in [0.2, 0.25) is 0 Å². The SMILES string of the molecule is CC(C)c1cc(OCc2ccccn2)cc(-c2ccc(F)cc2)c1C=CC1CC(O)CC(=O)O1. The predicted octanol–water partition coefficient (Wildman–Crippen LogP) is 5.67. The zero-order chi connectivity index (χ0) is 24.1. The highest BCUT2D eigenvalue weighted by atomic mass is 19.1. The number of aliphatic hydroxyl groups excluding tert-OH is 1. The van der Waals surface area contributed by atoms with Crippen LogP contribution in [0.2, 0.25) is 0 Å². The third kappa shape index (κ3) is 5.88. The molecule has 6 heteroatoms. The van der Waals surface area contributed by atoms with Crippen molar-refractivity contribution >= 4 is 12.0 Å². The normalized spacial score (nSPS) is 18.3. The molecular formula is C28H28FNO4. The Bertz CT molecular complexity index is 1160. The van der Waals surface area contributed by atoms with Crippen LogP contribution in [-0.4, -0.2) is 28.3 Å². The van der Waals surface area contributed by atoms with Crippen LogP contribution >= 0.6 is 0 Å². The summed E-state index contributed by atoms with van der Waals surface area (Å²) >= 11 is 0. The molecule has 4 rings (SSSR count). The second kappa shape index (κ2) is 10.6. The lowest BCUT2D eigenvalue weighted by atomic mass is 9.89. The van der Waals surface area contributed by atoms with Crippen molar-refractivity contribution in [1.29, 1.82) is 0 Å². The smallest absolute Gasteiger partial charge is 0.309 e. The van der Waals surface area contributed by atoms with Crippen molar-refractivity contribution < 1.29 is 23.8 Å². The Labute approximate surface area is 198 Å². The molecule has 34 heavy (non-hydrogen) atoms. The van der Waals surface area contributed by atoms with E-state index in [-0.39, 0.29) is 18.2 Å². The van der Waals surface area contributed by atoms with Crippen LogP contribution in [0.15, 0.2) is 66.9 Å². The van der Waals surface area contributed by atoms with Gasteiger partial charge < -0.3 is 14.6 Å². The summed E-state index contributed by atoms with van der Waals surface area (Å²) in [6, 6.07) is 15.9. The minimum atomic E-state index is -0.709. The Hall–Kier alpha value is -3.51. The first-order valence-corrected chi connectivity index (χ1v) is 11.4. The molecule has 2 heterocycles. The molecule has 0 bridgehead atoms. The first kappa shape index (κ1) is 23.6. The molecule has 1 saturated heterocycles. The van der Waals surface area contributed by atoms with Gasteiger partial charge in [-0.15, -0.1) is 0 Å². The predicted molar refractivity (Wildman–Crippen MR) is 129 cm³/mol. The average molecular weight is 462 g/mol. The van der Waals surface area contributed by atoms with Crippen molar-refractivity contribution in [3.8, 4) is 16.9 Å². The average Bonchev–Trinajstić information content (AvgIpc) is 2.82. The van der Waals surface area contributed by atoms with Crippen molar-refractivity contribution in [3.63, 3.8) is 0 Å². The lowest BCUT2D eigenvalue weighted by Gasteiger charge is -2.24. The number of ether oxygens (including phenoxy) is 2. The Balaban J connectivity index is 1.73. The van der Waals surface area contributed by atoms with Crippen LogP contribution in [-0.2, 0) is 16.1 Å². The highest BCUT2D eigenvalue weighted by Gasteiger charge is 2.25. The Morgan fingerprint density at radius 1 is 1.21 bits per heavy atom. The van der Waals surface area contributed by atoms with Crippen LogP contribution in [0.1, 0.15) is 49.4 Å². The number of benzene rings is 2. The molecule has 0 radical (unpaired) electrons. The van der Waals surface area contributed by atoms with E-state index in [1.807, 2.05) is 42.5 Å². The molecule has 1 aromatic heterocycles. The fourth-order valence-corrected chi connectivity index (χ4v) is 4.03. The molecule has 1 aliphatic heterocycles. The Morgan fingerprint density at radius 3 is 2.68 bits per heavy atom.